The van der Waals surface area contributed by atoms with E-state index in [9.17, 15) is 8.42 Å². The molecule has 0 saturated heterocycles. The van der Waals surface area contributed by atoms with Gasteiger partial charge in [-0.2, -0.15) is 0 Å². The van der Waals surface area contributed by atoms with Crippen LogP contribution in [-0.2, 0) is 9.84 Å². The smallest absolute Gasteiger partial charge is 0.162 e. The fraction of sp³-hybridized carbons (Fsp3) is 1.00. The van der Waals surface area contributed by atoms with Gasteiger partial charge >= 0.3 is 0 Å². The summed E-state index contributed by atoms with van der Waals surface area (Å²) in [6.45, 7) is 20.1. The molecule has 0 aliphatic rings. The lowest BCUT2D eigenvalue weighted by Gasteiger charge is -2.48. The Bertz CT molecular complexity index is 341. The maximum Gasteiger partial charge on any atom is 0.162 e. The lowest BCUT2D eigenvalue weighted by molar-refractivity contribution is 0.285. The van der Waals surface area contributed by atoms with Gasteiger partial charge in [-0.3, -0.25) is 0 Å². The molecule has 0 spiro atoms. The van der Waals surface area contributed by atoms with Crippen molar-refractivity contribution in [3.63, 3.8) is 0 Å². The normalized spacial score (nSPS) is 15.1. The lowest BCUT2D eigenvalue weighted by Crippen LogP contribution is -2.58. The van der Waals surface area contributed by atoms with Crippen molar-refractivity contribution in [1.29, 1.82) is 0 Å². The van der Waals surface area contributed by atoms with Crippen molar-refractivity contribution in [3.05, 3.63) is 0 Å². The number of rotatable bonds is 6. The molecule has 0 aromatic heterocycles. The first-order valence-electron chi connectivity index (χ1n) is 7.52. The van der Waals surface area contributed by atoms with E-state index in [1.165, 1.54) is 0 Å². The highest BCUT2D eigenvalue weighted by atomic mass is 32.2. The van der Waals surface area contributed by atoms with Crippen LogP contribution in [0.15, 0.2) is 0 Å². The van der Waals surface area contributed by atoms with E-state index in [1.807, 2.05) is 69.2 Å². The van der Waals surface area contributed by atoms with E-state index < -0.39 is 19.3 Å². The highest BCUT2D eigenvalue weighted by Gasteiger charge is 2.56. The van der Waals surface area contributed by atoms with Crippen molar-refractivity contribution in [2.75, 3.05) is 0 Å². The third-order valence-corrected chi connectivity index (χ3v) is 9.95. The van der Waals surface area contributed by atoms with Gasteiger partial charge in [0.25, 0.3) is 0 Å². The predicted octanol–water partition coefficient (Wildman–Crippen LogP) is 4.54. The SMILES string of the molecule is CC(C)C(C)(C(C)C)S(=O)(=O)C(C)(C(C)C)C(C)C. The first kappa shape index (κ1) is 18.9. The highest BCUT2D eigenvalue weighted by molar-refractivity contribution is 7.94. The van der Waals surface area contributed by atoms with E-state index in [1.54, 1.807) is 0 Å². The van der Waals surface area contributed by atoms with Crippen molar-refractivity contribution < 1.29 is 8.42 Å². The Kier molecular flexibility index (Phi) is 5.73. The van der Waals surface area contributed by atoms with Gasteiger partial charge in [0.05, 0.1) is 9.49 Å². The van der Waals surface area contributed by atoms with Crippen LogP contribution in [0.3, 0.4) is 0 Å². The Labute approximate surface area is 121 Å². The summed E-state index contributed by atoms with van der Waals surface area (Å²) < 4.78 is 25.5. The minimum absolute atomic E-state index is 0.106. The summed E-state index contributed by atoms with van der Waals surface area (Å²) >= 11 is 0. The third-order valence-electron chi connectivity index (χ3n) is 5.74. The molecule has 0 aromatic rings. The van der Waals surface area contributed by atoms with Crippen LogP contribution in [0.2, 0.25) is 0 Å². The second kappa shape index (κ2) is 5.75. The van der Waals surface area contributed by atoms with Crippen LogP contribution in [0.1, 0.15) is 69.2 Å². The molecule has 0 saturated carbocycles. The summed E-state index contributed by atoms with van der Waals surface area (Å²) in [4.78, 5) is 0. The molecule has 0 rings (SSSR count). The maximum atomic E-state index is 13.4. The molecule has 0 aromatic carbocycles. The van der Waals surface area contributed by atoms with Crippen molar-refractivity contribution in [3.8, 4) is 0 Å². The highest BCUT2D eigenvalue weighted by Crippen LogP contribution is 2.46. The van der Waals surface area contributed by atoms with Gasteiger partial charge < -0.3 is 0 Å². The van der Waals surface area contributed by atoms with E-state index in [0.29, 0.717) is 0 Å². The third kappa shape index (κ3) is 2.59. The Hall–Kier alpha value is -0.0500. The molecule has 0 fully saturated rings. The van der Waals surface area contributed by atoms with Crippen LogP contribution in [0, 0.1) is 23.7 Å². The largest absolute Gasteiger partial charge is 0.228 e. The zero-order valence-corrected chi connectivity index (χ0v) is 15.4. The molecule has 2 nitrogen and oxygen atoms in total. The molecule has 0 amide bonds. The molecule has 0 bridgehead atoms. The summed E-state index contributed by atoms with van der Waals surface area (Å²) in [7, 11) is -3.26. The molecule has 0 aliphatic carbocycles. The Morgan fingerprint density at radius 3 is 0.842 bits per heavy atom. The van der Waals surface area contributed by atoms with E-state index in [0.717, 1.165) is 0 Å². The van der Waals surface area contributed by atoms with Gasteiger partial charge in [0.2, 0.25) is 0 Å². The molecule has 116 valence electrons. The minimum atomic E-state index is -3.26. The minimum Gasteiger partial charge on any atom is -0.228 e. The maximum absolute atomic E-state index is 13.4. The average Bonchev–Trinajstić information content (AvgIpc) is 2.24. The molecular formula is C16H34O2S. The fourth-order valence-electron chi connectivity index (χ4n) is 3.05. The molecule has 0 atom stereocenters. The first-order valence-corrected chi connectivity index (χ1v) is 9.00. The van der Waals surface area contributed by atoms with Gasteiger partial charge in [-0.05, 0) is 37.5 Å². The first-order chi connectivity index (χ1) is 8.27. The van der Waals surface area contributed by atoms with Crippen LogP contribution < -0.4 is 0 Å². The lowest BCUT2D eigenvalue weighted by atomic mass is 9.85. The van der Waals surface area contributed by atoms with E-state index in [2.05, 4.69) is 0 Å². The van der Waals surface area contributed by atoms with Gasteiger partial charge in [0.1, 0.15) is 0 Å². The van der Waals surface area contributed by atoms with Crippen LogP contribution in [0.25, 0.3) is 0 Å². The van der Waals surface area contributed by atoms with Gasteiger partial charge in [-0.15, -0.1) is 0 Å². The average molecular weight is 291 g/mol. The van der Waals surface area contributed by atoms with Crippen LogP contribution in [0.5, 0.6) is 0 Å². The van der Waals surface area contributed by atoms with Crippen molar-refractivity contribution >= 4 is 9.84 Å². The molecule has 0 radical (unpaired) electrons. The Morgan fingerprint density at radius 1 is 0.579 bits per heavy atom. The standard InChI is InChI=1S/C16H34O2S/c1-11(2)15(9,12(3)4)19(17,18)16(10,13(5)6)14(7)8/h11-14H,1-10H3. The van der Waals surface area contributed by atoms with Crippen LogP contribution >= 0.6 is 0 Å². The van der Waals surface area contributed by atoms with Crippen molar-refractivity contribution in [2.24, 2.45) is 23.7 Å². The molecule has 0 unspecified atom stereocenters. The molecule has 19 heavy (non-hydrogen) atoms. The molecule has 0 aliphatic heterocycles. The number of sulfone groups is 1. The Balaban J connectivity index is 6.24. The molecule has 0 heterocycles. The summed E-state index contributed by atoms with van der Waals surface area (Å²) in [6.07, 6.45) is 0. The predicted molar refractivity (Wildman–Crippen MR) is 85.1 cm³/mol. The van der Waals surface area contributed by atoms with E-state index in [4.69, 9.17) is 0 Å². The zero-order chi connectivity index (χ0) is 15.8. The van der Waals surface area contributed by atoms with Crippen LogP contribution in [0.4, 0.5) is 0 Å². The van der Waals surface area contributed by atoms with E-state index >= 15 is 0 Å². The number of hydrogen-bond donors (Lipinski definition) is 0. The quantitative estimate of drug-likeness (QED) is 0.719. The molecule has 0 N–H and O–H groups in total. The molecule has 3 heteroatoms. The topological polar surface area (TPSA) is 34.1 Å². The summed E-state index contributed by atoms with van der Waals surface area (Å²) in [5.74, 6) is 0.423. The van der Waals surface area contributed by atoms with Gasteiger partial charge in [0, 0.05) is 0 Å². The summed E-state index contributed by atoms with van der Waals surface area (Å²) in [6, 6.07) is 0. The number of hydrogen-bond acceptors (Lipinski definition) is 2. The second-order valence-corrected chi connectivity index (χ2v) is 10.3. The van der Waals surface area contributed by atoms with Gasteiger partial charge in [-0.25, -0.2) is 8.42 Å². The summed E-state index contributed by atoms with van der Waals surface area (Å²) in [5.41, 5.74) is 0. The van der Waals surface area contributed by atoms with Gasteiger partial charge in [-0.1, -0.05) is 55.4 Å². The molecular weight excluding hydrogens is 256 g/mol. The zero-order valence-electron chi connectivity index (χ0n) is 14.5. The monoisotopic (exact) mass is 290 g/mol. The second-order valence-electron chi connectivity index (χ2n) is 7.49. The van der Waals surface area contributed by atoms with E-state index in [-0.39, 0.29) is 23.7 Å². The Morgan fingerprint density at radius 2 is 0.737 bits per heavy atom. The summed E-state index contributed by atoms with van der Waals surface area (Å²) in [5, 5.41) is 0. The van der Waals surface area contributed by atoms with Gasteiger partial charge in [0.15, 0.2) is 9.84 Å². The van der Waals surface area contributed by atoms with Crippen LogP contribution in [-0.4, -0.2) is 17.9 Å². The van der Waals surface area contributed by atoms with Crippen molar-refractivity contribution in [1.82, 2.24) is 0 Å². The van der Waals surface area contributed by atoms with Crippen molar-refractivity contribution in [2.45, 2.75) is 78.7 Å². The fourth-order valence-corrected chi connectivity index (χ4v) is 6.48.